The molecular formula is C42H69N5O8. The van der Waals surface area contributed by atoms with Crippen LogP contribution >= 0.6 is 0 Å². The Bertz CT molecular complexity index is 1440. The highest BCUT2D eigenvalue weighted by Gasteiger charge is 2.44. The minimum atomic E-state index is -1.16. The molecule has 1 aromatic carbocycles. The molecule has 4 N–H and O–H groups in total. The van der Waals surface area contributed by atoms with Gasteiger partial charge in [-0.1, -0.05) is 63.9 Å². The van der Waals surface area contributed by atoms with Crippen molar-refractivity contribution in [3.05, 3.63) is 35.9 Å². The molecule has 13 heteroatoms. The Labute approximate surface area is 329 Å². The number of likely N-dealkylation sites (tertiary alicyclic amines) is 1. The van der Waals surface area contributed by atoms with E-state index in [0.29, 0.717) is 13.0 Å². The number of carbonyl (C=O) groups is 5. The van der Waals surface area contributed by atoms with Crippen LogP contribution in [0.25, 0.3) is 0 Å². The van der Waals surface area contributed by atoms with Gasteiger partial charge in [0, 0.05) is 34.2 Å². The van der Waals surface area contributed by atoms with Crippen molar-refractivity contribution in [3.63, 3.8) is 0 Å². The van der Waals surface area contributed by atoms with Crippen molar-refractivity contribution < 1.29 is 38.2 Å². The maximum atomic E-state index is 14.3. The van der Waals surface area contributed by atoms with Crippen LogP contribution in [0.2, 0.25) is 0 Å². The zero-order valence-corrected chi connectivity index (χ0v) is 35.2. The Balaban J connectivity index is 1.81. The van der Waals surface area contributed by atoms with Crippen LogP contribution in [0.5, 0.6) is 0 Å². The van der Waals surface area contributed by atoms with Crippen LogP contribution in [0.15, 0.2) is 30.3 Å². The van der Waals surface area contributed by atoms with E-state index >= 15 is 0 Å². The van der Waals surface area contributed by atoms with E-state index in [0.717, 1.165) is 37.7 Å². The topological polar surface area (TPSA) is 170 Å². The van der Waals surface area contributed by atoms with Crippen molar-refractivity contribution in [1.29, 1.82) is 0 Å². The van der Waals surface area contributed by atoms with Crippen molar-refractivity contribution in [2.75, 3.05) is 27.8 Å². The molecule has 310 valence electrons. The minimum absolute atomic E-state index is 0.0229. The minimum Gasteiger partial charge on any atom is -0.458 e. The Morgan fingerprint density at radius 3 is 2.05 bits per heavy atom. The lowest BCUT2D eigenvalue weighted by Crippen LogP contribution is -2.60. The number of esters is 1. The molecule has 13 nitrogen and oxygen atoms in total. The number of carbonyl (C=O) groups excluding carboxylic acids is 5. The normalized spacial score (nSPS) is 19.9. The number of ether oxygens (including phenoxy) is 3. The van der Waals surface area contributed by atoms with Gasteiger partial charge < -0.3 is 40.4 Å². The highest BCUT2D eigenvalue weighted by Crippen LogP contribution is 2.35. The second kappa shape index (κ2) is 20.0. The van der Waals surface area contributed by atoms with Crippen molar-refractivity contribution in [2.45, 2.75) is 154 Å². The van der Waals surface area contributed by atoms with Crippen molar-refractivity contribution in [2.24, 2.45) is 23.5 Å². The molecule has 1 aromatic rings. The molecule has 0 bridgehead atoms. The largest absolute Gasteiger partial charge is 0.458 e. The Hall–Kier alpha value is -3.55. The van der Waals surface area contributed by atoms with E-state index in [1.165, 1.54) is 7.11 Å². The smallest absolute Gasteiger partial charge is 0.329 e. The van der Waals surface area contributed by atoms with Gasteiger partial charge in [0.25, 0.3) is 0 Å². The predicted octanol–water partition coefficient (Wildman–Crippen LogP) is 4.00. The molecule has 0 aromatic heterocycles. The van der Waals surface area contributed by atoms with E-state index in [4.69, 9.17) is 19.9 Å². The van der Waals surface area contributed by atoms with Crippen LogP contribution in [-0.2, 0) is 44.6 Å². The number of rotatable bonds is 18. The third kappa shape index (κ3) is 12.7. The SMILES string of the molecule is CO[C@H](CC(=O)N1CCCC1[C@H](OC)[C@@H](C)C(=O)NC(Cc1ccccc1)C(=O)OC(C)(C)C)[C@H](C1CCCC1)N(C)C(=O)C(NC(=O)C(C)(C)N)C(C)C. The second-order valence-corrected chi connectivity index (χ2v) is 17.4. The molecule has 1 saturated heterocycles. The molecule has 55 heavy (non-hydrogen) atoms. The zero-order valence-electron chi connectivity index (χ0n) is 35.2. The van der Waals surface area contributed by atoms with Crippen LogP contribution in [-0.4, -0.2) is 115 Å². The van der Waals surface area contributed by atoms with Gasteiger partial charge in [-0.2, -0.15) is 0 Å². The summed E-state index contributed by atoms with van der Waals surface area (Å²) in [4.78, 5) is 72.0. The Morgan fingerprint density at radius 2 is 1.53 bits per heavy atom. The van der Waals surface area contributed by atoms with Gasteiger partial charge >= 0.3 is 5.97 Å². The predicted molar refractivity (Wildman–Crippen MR) is 212 cm³/mol. The first-order chi connectivity index (χ1) is 25.7. The van der Waals surface area contributed by atoms with Crippen molar-refractivity contribution in [1.82, 2.24) is 20.4 Å². The zero-order chi connectivity index (χ0) is 41.2. The Morgan fingerprint density at radius 1 is 0.909 bits per heavy atom. The number of nitrogens with one attached hydrogen (secondary N) is 2. The van der Waals surface area contributed by atoms with Gasteiger partial charge in [-0.05, 0) is 77.7 Å². The third-order valence-electron chi connectivity index (χ3n) is 11.0. The molecule has 7 atom stereocenters. The molecule has 2 aliphatic rings. The first-order valence-electron chi connectivity index (χ1n) is 20.0. The highest BCUT2D eigenvalue weighted by molar-refractivity contribution is 5.92. The maximum absolute atomic E-state index is 14.3. The van der Waals surface area contributed by atoms with Crippen LogP contribution in [0, 0.1) is 17.8 Å². The van der Waals surface area contributed by atoms with Gasteiger partial charge in [0.15, 0.2) is 0 Å². The molecule has 1 aliphatic heterocycles. The van der Waals surface area contributed by atoms with E-state index in [1.807, 2.05) is 44.2 Å². The van der Waals surface area contributed by atoms with Gasteiger partial charge in [-0.3, -0.25) is 19.2 Å². The summed E-state index contributed by atoms with van der Waals surface area (Å²) in [6.45, 7) is 14.6. The third-order valence-corrected chi connectivity index (χ3v) is 11.0. The highest BCUT2D eigenvalue weighted by atomic mass is 16.6. The van der Waals surface area contributed by atoms with Crippen molar-refractivity contribution in [3.8, 4) is 0 Å². The van der Waals surface area contributed by atoms with Crippen LogP contribution in [0.4, 0.5) is 0 Å². The molecule has 0 spiro atoms. The summed E-state index contributed by atoms with van der Waals surface area (Å²) in [6, 6.07) is 6.91. The van der Waals surface area contributed by atoms with Crippen LogP contribution < -0.4 is 16.4 Å². The second-order valence-electron chi connectivity index (χ2n) is 17.4. The monoisotopic (exact) mass is 772 g/mol. The molecule has 1 heterocycles. The van der Waals surface area contributed by atoms with E-state index < -0.39 is 65.3 Å². The van der Waals surface area contributed by atoms with E-state index in [2.05, 4.69) is 10.6 Å². The number of benzene rings is 1. The number of likely N-dealkylation sites (N-methyl/N-ethyl adjacent to an activating group) is 1. The molecule has 3 unspecified atom stereocenters. The van der Waals surface area contributed by atoms with Crippen LogP contribution in [0.3, 0.4) is 0 Å². The Kier molecular flexibility index (Phi) is 16.7. The quantitative estimate of drug-likeness (QED) is 0.187. The van der Waals surface area contributed by atoms with Crippen LogP contribution in [0.1, 0.15) is 106 Å². The molecule has 1 saturated carbocycles. The van der Waals surface area contributed by atoms with Gasteiger partial charge in [-0.15, -0.1) is 0 Å². The van der Waals surface area contributed by atoms with E-state index in [9.17, 15) is 24.0 Å². The molecule has 4 amide bonds. The molecule has 0 radical (unpaired) electrons. The summed E-state index contributed by atoms with van der Waals surface area (Å²) in [6.07, 6.45) is 4.20. The fourth-order valence-corrected chi connectivity index (χ4v) is 8.01. The first-order valence-corrected chi connectivity index (χ1v) is 20.0. The summed E-state index contributed by atoms with van der Waals surface area (Å²) >= 11 is 0. The lowest BCUT2D eigenvalue weighted by Gasteiger charge is -2.41. The van der Waals surface area contributed by atoms with E-state index in [-0.39, 0.29) is 42.4 Å². The number of nitrogens with zero attached hydrogens (tertiary/aromatic N) is 2. The summed E-state index contributed by atoms with van der Waals surface area (Å²) < 4.78 is 17.7. The lowest BCUT2D eigenvalue weighted by atomic mass is 9.88. The summed E-state index contributed by atoms with van der Waals surface area (Å²) in [5, 5.41) is 5.80. The van der Waals surface area contributed by atoms with E-state index in [1.54, 1.807) is 65.5 Å². The first kappa shape index (κ1) is 45.8. The maximum Gasteiger partial charge on any atom is 0.329 e. The average molecular weight is 772 g/mol. The van der Waals surface area contributed by atoms with Gasteiger partial charge in [-0.25, -0.2) is 4.79 Å². The standard InChI is InChI=1S/C42H69N5O8/c1-26(2)34(45-40(52)42(7,8)43)38(50)46(9)35(29-20-15-16-21-29)32(53-10)25-33(48)47-23-17-22-31(47)36(54-11)27(3)37(49)44-30(39(51)55-41(4,5)6)24-28-18-13-12-14-19-28/h12-14,18-19,26-27,29-32,34-36H,15-17,20-25,43H2,1-11H3,(H,44,49)(H,45,52)/t27-,30?,31?,32-,34?,35+,36-/m1/s1. The lowest BCUT2D eigenvalue weighted by molar-refractivity contribution is -0.159. The van der Waals surface area contributed by atoms with Gasteiger partial charge in [0.2, 0.25) is 23.6 Å². The number of amides is 4. The average Bonchev–Trinajstić information content (AvgIpc) is 3.82. The molecular weight excluding hydrogens is 702 g/mol. The fraction of sp³-hybridized carbons (Fsp3) is 0.738. The number of methoxy groups -OCH3 is 2. The summed E-state index contributed by atoms with van der Waals surface area (Å²) in [5.74, 6) is -2.54. The van der Waals surface area contributed by atoms with Gasteiger partial charge in [0.05, 0.1) is 42.2 Å². The van der Waals surface area contributed by atoms with Gasteiger partial charge in [0.1, 0.15) is 17.7 Å². The molecule has 1 aliphatic carbocycles. The summed E-state index contributed by atoms with van der Waals surface area (Å²) in [7, 11) is 4.84. The molecule has 2 fully saturated rings. The number of nitrogens with two attached hydrogens (primary N) is 1. The fourth-order valence-electron chi connectivity index (χ4n) is 8.01. The van der Waals surface area contributed by atoms with Crippen molar-refractivity contribution >= 4 is 29.6 Å². The summed E-state index contributed by atoms with van der Waals surface area (Å²) in [5.41, 5.74) is 5.03. The number of hydrogen-bond acceptors (Lipinski definition) is 9. The molecule has 3 rings (SSSR count). The number of hydrogen-bond donors (Lipinski definition) is 3.